The van der Waals surface area contributed by atoms with E-state index in [1.54, 1.807) is 26.4 Å². The maximum atomic E-state index is 13.0. The van der Waals surface area contributed by atoms with E-state index in [2.05, 4.69) is 4.90 Å². The van der Waals surface area contributed by atoms with E-state index in [1.807, 2.05) is 0 Å². The van der Waals surface area contributed by atoms with E-state index in [0.717, 1.165) is 18.7 Å². The van der Waals surface area contributed by atoms with Crippen LogP contribution in [0.3, 0.4) is 0 Å². The van der Waals surface area contributed by atoms with Gasteiger partial charge >= 0.3 is 0 Å². The van der Waals surface area contributed by atoms with E-state index >= 15 is 0 Å². The lowest BCUT2D eigenvalue weighted by Crippen LogP contribution is -2.33. The van der Waals surface area contributed by atoms with Crippen molar-refractivity contribution >= 4 is 0 Å². The average Bonchev–Trinajstić information content (AvgIpc) is 2.85. The summed E-state index contributed by atoms with van der Waals surface area (Å²) in [5.41, 5.74) is 6.90. The second-order valence-electron chi connectivity index (χ2n) is 4.81. The first-order valence-corrected chi connectivity index (χ1v) is 6.44. The summed E-state index contributed by atoms with van der Waals surface area (Å²) in [6.45, 7) is 2.03. The molecule has 4 nitrogen and oxygen atoms in total. The smallest absolute Gasteiger partial charge is 0.123 e. The molecule has 1 aliphatic heterocycles. The standard InChI is InChI=1S/C14H21FN2O2/c1-18-13-8-17(9-14(13)19-2)12(7-16)10-3-5-11(15)6-4-10/h3-6,12-14H,7-9,16H2,1-2H3. The Morgan fingerprint density at radius 3 is 2.16 bits per heavy atom. The van der Waals surface area contributed by atoms with Crippen LogP contribution in [0.15, 0.2) is 24.3 Å². The zero-order chi connectivity index (χ0) is 13.8. The maximum absolute atomic E-state index is 13.0. The lowest BCUT2D eigenvalue weighted by atomic mass is 10.1. The van der Waals surface area contributed by atoms with E-state index in [1.165, 1.54) is 12.1 Å². The van der Waals surface area contributed by atoms with Gasteiger partial charge in [0.25, 0.3) is 0 Å². The van der Waals surface area contributed by atoms with Crippen LogP contribution in [0, 0.1) is 5.82 Å². The van der Waals surface area contributed by atoms with Crippen LogP contribution in [0.25, 0.3) is 0 Å². The van der Waals surface area contributed by atoms with Crippen LogP contribution in [-0.2, 0) is 9.47 Å². The summed E-state index contributed by atoms with van der Waals surface area (Å²) in [6.07, 6.45) is 0.110. The van der Waals surface area contributed by atoms with Crippen molar-refractivity contribution in [3.63, 3.8) is 0 Å². The van der Waals surface area contributed by atoms with Crippen LogP contribution in [0.5, 0.6) is 0 Å². The number of benzene rings is 1. The van der Waals surface area contributed by atoms with Crippen LogP contribution in [-0.4, -0.2) is 51.0 Å². The number of likely N-dealkylation sites (tertiary alicyclic amines) is 1. The molecule has 0 spiro atoms. The summed E-state index contributed by atoms with van der Waals surface area (Å²) in [5, 5.41) is 0. The number of rotatable bonds is 5. The number of nitrogens with zero attached hydrogens (tertiary/aromatic N) is 1. The molecule has 0 radical (unpaired) electrons. The molecule has 1 fully saturated rings. The average molecular weight is 268 g/mol. The van der Waals surface area contributed by atoms with Gasteiger partial charge in [0.05, 0.1) is 12.2 Å². The Kier molecular flexibility index (Phi) is 4.87. The minimum atomic E-state index is -0.231. The van der Waals surface area contributed by atoms with Gasteiger partial charge < -0.3 is 15.2 Å². The molecule has 5 heteroatoms. The van der Waals surface area contributed by atoms with Crippen molar-refractivity contribution in [1.29, 1.82) is 0 Å². The van der Waals surface area contributed by atoms with Gasteiger partial charge in [0, 0.05) is 39.9 Å². The molecule has 106 valence electrons. The Hall–Kier alpha value is -1.01. The van der Waals surface area contributed by atoms with Gasteiger partial charge in [0.2, 0.25) is 0 Å². The lowest BCUT2D eigenvalue weighted by molar-refractivity contribution is -0.00461. The van der Waals surface area contributed by atoms with Gasteiger partial charge in [-0.15, -0.1) is 0 Å². The molecule has 3 atom stereocenters. The van der Waals surface area contributed by atoms with Crippen molar-refractivity contribution in [2.45, 2.75) is 18.2 Å². The van der Waals surface area contributed by atoms with Gasteiger partial charge in [-0.2, -0.15) is 0 Å². The topological polar surface area (TPSA) is 47.7 Å². The highest BCUT2D eigenvalue weighted by atomic mass is 19.1. The molecule has 0 bridgehead atoms. The van der Waals surface area contributed by atoms with Gasteiger partial charge in [-0.1, -0.05) is 12.1 Å². The second-order valence-corrected chi connectivity index (χ2v) is 4.81. The lowest BCUT2D eigenvalue weighted by Gasteiger charge is -2.26. The van der Waals surface area contributed by atoms with Crippen molar-refractivity contribution in [1.82, 2.24) is 4.90 Å². The summed E-state index contributed by atoms with van der Waals surface area (Å²) in [7, 11) is 3.38. The highest BCUT2D eigenvalue weighted by Gasteiger charge is 2.36. The van der Waals surface area contributed by atoms with Crippen LogP contribution in [0.4, 0.5) is 4.39 Å². The largest absolute Gasteiger partial charge is 0.377 e. The van der Waals surface area contributed by atoms with Gasteiger partial charge in [-0.25, -0.2) is 4.39 Å². The van der Waals surface area contributed by atoms with Crippen molar-refractivity contribution in [2.24, 2.45) is 5.73 Å². The van der Waals surface area contributed by atoms with E-state index in [0.29, 0.717) is 6.54 Å². The number of halogens is 1. The molecule has 0 amide bonds. The van der Waals surface area contributed by atoms with Crippen molar-refractivity contribution in [3.05, 3.63) is 35.6 Å². The Labute approximate surface area is 113 Å². The molecule has 0 aliphatic carbocycles. The monoisotopic (exact) mass is 268 g/mol. The highest BCUT2D eigenvalue weighted by molar-refractivity contribution is 5.21. The molecule has 2 N–H and O–H groups in total. The zero-order valence-electron chi connectivity index (χ0n) is 11.4. The van der Waals surface area contributed by atoms with Crippen LogP contribution in [0.2, 0.25) is 0 Å². The molecule has 0 saturated carbocycles. The molecule has 19 heavy (non-hydrogen) atoms. The summed E-state index contributed by atoms with van der Waals surface area (Å²) >= 11 is 0. The first-order chi connectivity index (χ1) is 9.19. The van der Waals surface area contributed by atoms with E-state index in [4.69, 9.17) is 15.2 Å². The molecule has 2 rings (SSSR count). The van der Waals surface area contributed by atoms with Gasteiger partial charge in [-0.3, -0.25) is 4.90 Å². The minimum Gasteiger partial charge on any atom is -0.377 e. The Morgan fingerprint density at radius 2 is 1.74 bits per heavy atom. The van der Waals surface area contributed by atoms with E-state index in [9.17, 15) is 4.39 Å². The van der Waals surface area contributed by atoms with Gasteiger partial charge in [-0.05, 0) is 17.7 Å². The number of nitrogens with two attached hydrogens (primary N) is 1. The summed E-state index contributed by atoms with van der Waals surface area (Å²) in [6, 6.07) is 6.58. The molecule has 3 unspecified atom stereocenters. The maximum Gasteiger partial charge on any atom is 0.123 e. The van der Waals surface area contributed by atoms with Crippen LogP contribution >= 0.6 is 0 Å². The Balaban J connectivity index is 2.12. The van der Waals surface area contributed by atoms with Crippen molar-refractivity contribution < 1.29 is 13.9 Å². The van der Waals surface area contributed by atoms with E-state index < -0.39 is 0 Å². The van der Waals surface area contributed by atoms with Crippen LogP contribution < -0.4 is 5.73 Å². The second kappa shape index (κ2) is 6.43. The third-order valence-corrected chi connectivity index (χ3v) is 3.77. The minimum absolute atomic E-state index is 0.0551. The number of methoxy groups -OCH3 is 2. The molecule has 0 aromatic heterocycles. The fraction of sp³-hybridized carbons (Fsp3) is 0.571. The summed E-state index contributed by atoms with van der Waals surface area (Å²) in [4.78, 5) is 2.23. The molecule has 1 aliphatic rings. The summed E-state index contributed by atoms with van der Waals surface area (Å²) < 4.78 is 23.8. The third kappa shape index (κ3) is 3.12. The van der Waals surface area contributed by atoms with Crippen molar-refractivity contribution in [2.75, 3.05) is 33.9 Å². The Bertz CT molecular complexity index is 387. The predicted molar refractivity (Wildman–Crippen MR) is 71.4 cm³/mol. The number of ether oxygens (including phenoxy) is 2. The zero-order valence-corrected chi connectivity index (χ0v) is 11.4. The molecule has 1 saturated heterocycles. The molecule has 1 aromatic carbocycles. The summed E-state index contributed by atoms with van der Waals surface area (Å²) in [5.74, 6) is -0.231. The van der Waals surface area contributed by atoms with Gasteiger partial charge in [0.1, 0.15) is 5.82 Å². The molecular formula is C14H21FN2O2. The van der Waals surface area contributed by atoms with Crippen molar-refractivity contribution in [3.8, 4) is 0 Å². The predicted octanol–water partition coefficient (Wildman–Crippen LogP) is 1.17. The first-order valence-electron chi connectivity index (χ1n) is 6.44. The molecule has 1 heterocycles. The van der Waals surface area contributed by atoms with Crippen LogP contribution in [0.1, 0.15) is 11.6 Å². The number of hydrogen-bond donors (Lipinski definition) is 1. The first kappa shape index (κ1) is 14.4. The fourth-order valence-electron chi connectivity index (χ4n) is 2.66. The normalized spacial score (nSPS) is 25.7. The Morgan fingerprint density at radius 1 is 1.21 bits per heavy atom. The van der Waals surface area contributed by atoms with E-state index in [-0.39, 0.29) is 24.1 Å². The quantitative estimate of drug-likeness (QED) is 0.871. The molecular weight excluding hydrogens is 247 g/mol. The molecule has 1 aromatic rings. The SMILES string of the molecule is COC1CN(C(CN)c2ccc(F)cc2)CC1OC. The number of hydrogen-bond acceptors (Lipinski definition) is 4. The van der Waals surface area contributed by atoms with Gasteiger partial charge in [0.15, 0.2) is 0 Å². The fourth-order valence-corrected chi connectivity index (χ4v) is 2.66. The third-order valence-electron chi connectivity index (χ3n) is 3.77. The highest BCUT2D eigenvalue weighted by Crippen LogP contribution is 2.26.